The maximum Gasteiger partial charge on any atom is 0.252 e. The number of para-hydroxylation sites is 2. The largest absolute Gasteiger partial charge is 0.454 e. The second kappa shape index (κ2) is 15.3. The van der Waals surface area contributed by atoms with Crippen molar-refractivity contribution in [1.82, 2.24) is 4.57 Å². The Kier molecular flexibility index (Phi) is 9.51. The zero-order chi connectivity index (χ0) is 50.0. The highest BCUT2D eigenvalue weighted by Crippen LogP contribution is 2.50. The number of rotatable bonds is 4. The number of benzene rings is 8. The molecule has 0 radical (unpaired) electrons. The molecular formula is C66H62BN3OS. The molecule has 5 heterocycles. The standard InChI is InChI=1S/C66H62BN3OS/c1-63(2,3)39-23-29-43(30-24-39)68(44-31-25-40(26-32-44)64(4,5)6)45-37-54-58-55(38-45)70-59-49(62-60(70)48-17-13-14-22-57(48)72-62)19-15-20-51(59)67(58)50-34-28-41(65(7,8)9)35-53(50)69(54)52-21-16-18-47-46-33-27-42(66(10,11)12)36-56(46)71-61(47)52/h13-38H,1-12H3. The summed E-state index contributed by atoms with van der Waals surface area (Å²) in [5.41, 5.74) is 21.3. The summed E-state index contributed by atoms with van der Waals surface area (Å²) in [4.78, 5) is 5.06. The normalized spacial score (nSPS) is 13.8. The van der Waals surface area contributed by atoms with E-state index in [0.29, 0.717) is 0 Å². The minimum Gasteiger partial charge on any atom is -0.454 e. The molecule has 4 nitrogen and oxygen atoms in total. The molecule has 0 saturated heterocycles. The number of nitrogens with zero attached hydrogens (tertiary/aromatic N) is 3. The van der Waals surface area contributed by atoms with Crippen molar-refractivity contribution < 1.29 is 4.42 Å². The van der Waals surface area contributed by atoms with Crippen molar-refractivity contribution in [1.29, 1.82) is 0 Å². The molecule has 13 rings (SSSR count). The molecule has 0 N–H and O–H groups in total. The lowest BCUT2D eigenvalue weighted by Gasteiger charge is -2.42. The lowest BCUT2D eigenvalue weighted by molar-refractivity contribution is 0.587. The summed E-state index contributed by atoms with van der Waals surface area (Å²) < 4.78 is 12.5. The molecule has 0 bridgehead atoms. The van der Waals surface area contributed by atoms with E-state index in [-0.39, 0.29) is 28.4 Å². The van der Waals surface area contributed by atoms with E-state index in [1.165, 1.54) is 81.2 Å². The zero-order valence-electron chi connectivity index (χ0n) is 43.7. The predicted molar refractivity (Wildman–Crippen MR) is 312 cm³/mol. The minimum atomic E-state index is -0.0926. The van der Waals surface area contributed by atoms with Crippen LogP contribution in [0, 0.1) is 0 Å². The first-order valence-electron chi connectivity index (χ1n) is 25.8. The van der Waals surface area contributed by atoms with Crippen molar-refractivity contribution in [2.45, 2.75) is 105 Å². The van der Waals surface area contributed by atoms with Crippen LogP contribution >= 0.6 is 11.3 Å². The quantitative estimate of drug-likeness (QED) is 0.164. The van der Waals surface area contributed by atoms with Crippen LogP contribution in [0.4, 0.5) is 34.1 Å². The maximum absolute atomic E-state index is 7.22. The summed E-state index contributed by atoms with van der Waals surface area (Å²) in [5.74, 6) is 0. The lowest BCUT2D eigenvalue weighted by Crippen LogP contribution is -2.60. The Balaban J connectivity index is 1.18. The van der Waals surface area contributed by atoms with Crippen LogP contribution in [0.15, 0.2) is 162 Å². The van der Waals surface area contributed by atoms with Crippen LogP contribution in [0.1, 0.15) is 105 Å². The molecule has 0 unspecified atom stereocenters. The van der Waals surface area contributed by atoms with Gasteiger partial charge in [0.15, 0.2) is 5.58 Å². The van der Waals surface area contributed by atoms with Gasteiger partial charge < -0.3 is 18.8 Å². The van der Waals surface area contributed by atoms with Crippen molar-refractivity contribution in [2.75, 3.05) is 9.80 Å². The fraction of sp³-hybridized carbons (Fsp3) is 0.242. The fourth-order valence-electron chi connectivity index (χ4n) is 11.8. The monoisotopic (exact) mass is 955 g/mol. The zero-order valence-corrected chi connectivity index (χ0v) is 44.6. The molecule has 72 heavy (non-hydrogen) atoms. The van der Waals surface area contributed by atoms with Crippen LogP contribution < -0.4 is 26.2 Å². The summed E-state index contributed by atoms with van der Waals surface area (Å²) >= 11 is 1.92. The Morgan fingerprint density at radius 3 is 1.67 bits per heavy atom. The highest BCUT2D eigenvalue weighted by molar-refractivity contribution is 7.26. The lowest BCUT2D eigenvalue weighted by atomic mass is 9.33. The molecule has 0 atom stereocenters. The second-order valence-electron chi connectivity index (χ2n) is 24.7. The number of anilines is 6. The number of hydrogen-bond donors (Lipinski definition) is 0. The first kappa shape index (κ1) is 44.9. The molecule has 0 amide bonds. The van der Waals surface area contributed by atoms with Gasteiger partial charge in [-0.2, -0.15) is 0 Å². The molecule has 3 aromatic heterocycles. The van der Waals surface area contributed by atoms with Crippen LogP contribution in [-0.4, -0.2) is 11.3 Å². The third-order valence-electron chi connectivity index (χ3n) is 15.8. The van der Waals surface area contributed by atoms with Crippen LogP contribution in [-0.2, 0) is 21.7 Å². The summed E-state index contributed by atoms with van der Waals surface area (Å²) in [7, 11) is 0. The minimum absolute atomic E-state index is 0.0103. The van der Waals surface area contributed by atoms with E-state index in [4.69, 9.17) is 4.42 Å². The van der Waals surface area contributed by atoms with Gasteiger partial charge in [0.25, 0.3) is 6.71 Å². The molecule has 0 fully saturated rings. The molecule has 2 aliphatic rings. The third-order valence-corrected chi connectivity index (χ3v) is 17.0. The summed E-state index contributed by atoms with van der Waals surface area (Å²) in [6, 6.07) is 60.5. The van der Waals surface area contributed by atoms with E-state index in [9.17, 15) is 0 Å². The van der Waals surface area contributed by atoms with Crippen molar-refractivity contribution in [3.05, 3.63) is 180 Å². The average Bonchev–Trinajstić information content (AvgIpc) is 4.01. The molecule has 0 saturated carbocycles. The number of thiophene rings is 1. The predicted octanol–water partition coefficient (Wildman–Crippen LogP) is 17.2. The molecule has 6 heteroatoms. The number of furan rings is 1. The third kappa shape index (κ3) is 6.70. The van der Waals surface area contributed by atoms with Gasteiger partial charge in [-0.25, -0.2) is 0 Å². The molecule has 2 aliphatic heterocycles. The molecular weight excluding hydrogens is 894 g/mol. The Morgan fingerprint density at radius 2 is 1.00 bits per heavy atom. The highest BCUT2D eigenvalue weighted by atomic mass is 32.1. The van der Waals surface area contributed by atoms with E-state index in [1.807, 2.05) is 11.3 Å². The molecule has 0 spiro atoms. The van der Waals surface area contributed by atoms with E-state index in [1.54, 1.807) is 0 Å². The van der Waals surface area contributed by atoms with Gasteiger partial charge in [0.1, 0.15) is 5.58 Å². The van der Waals surface area contributed by atoms with Gasteiger partial charge in [-0.05, 0) is 121 Å². The Bertz CT molecular complexity index is 3970. The molecule has 356 valence electrons. The van der Waals surface area contributed by atoms with Gasteiger partial charge in [0.2, 0.25) is 0 Å². The Morgan fingerprint density at radius 1 is 0.431 bits per heavy atom. The van der Waals surface area contributed by atoms with Crippen LogP contribution in [0.2, 0.25) is 0 Å². The van der Waals surface area contributed by atoms with Gasteiger partial charge in [0.05, 0.1) is 27.1 Å². The van der Waals surface area contributed by atoms with Crippen LogP contribution in [0.3, 0.4) is 0 Å². The SMILES string of the molecule is CC(C)(C)c1ccc(N(c2ccc(C(C)(C)C)cc2)c2cc3c4c(c2)-n2c5c(cccc5c5sc6ccccc6c52)B4c2ccc(C(C)(C)C)cc2N3c2cccc3c2oc2cc(C(C)(C)C)ccc23)cc1. The van der Waals surface area contributed by atoms with Gasteiger partial charge in [0, 0.05) is 54.7 Å². The van der Waals surface area contributed by atoms with Crippen molar-refractivity contribution >= 4 is 122 Å². The van der Waals surface area contributed by atoms with Gasteiger partial charge in [-0.3, -0.25) is 0 Å². The van der Waals surface area contributed by atoms with Gasteiger partial charge in [-0.15, -0.1) is 11.3 Å². The molecule has 8 aromatic carbocycles. The van der Waals surface area contributed by atoms with Crippen molar-refractivity contribution in [3.8, 4) is 5.69 Å². The number of fused-ring (bicyclic) bond motifs is 12. The van der Waals surface area contributed by atoms with Gasteiger partial charge in [-0.1, -0.05) is 180 Å². The first-order chi connectivity index (χ1) is 34.2. The van der Waals surface area contributed by atoms with Crippen LogP contribution in [0.5, 0.6) is 0 Å². The Labute approximate surface area is 428 Å². The van der Waals surface area contributed by atoms with Crippen molar-refractivity contribution in [3.63, 3.8) is 0 Å². The van der Waals surface area contributed by atoms with E-state index in [0.717, 1.165) is 50.4 Å². The molecule has 0 aliphatic carbocycles. The van der Waals surface area contributed by atoms with E-state index < -0.39 is 0 Å². The summed E-state index contributed by atoms with van der Waals surface area (Å²) in [6.07, 6.45) is 0. The van der Waals surface area contributed by atoms with E-state index >= 15 is 0 Å². The Hall–Kier alpha value is -7.02. The van der Waals surface area contributed by atoms with Gasteiger partial charge >= 0.3 is 0 Å². The summed E-state index contributed by atoms with van der Waals surface area (Å²) in [6.45, 7) is 27.6. The highest BCUT2D eigenvalue weighted by Gasteiger charge is 2.44. The van der Waals surface area contributed by atoms with Crippen LogP contribution in [0.25, 0.3) is 58.8 Å². The average molecular weight is 956 g/mol. The van der Waals surface area contributed by atoms with E-state index in [2.05, 4.69) is 255 Å². The second-order valence-corrected chi connectivity index (χ2v) is 25.7. The fourth-order valence-corrected chi connectivity index (χ4v) is 13.0. The summed E-state index contributed by atoms with van der Waals surface area (Å²) in [5, 5.41) is 4.85. The molecule has 11 aromatic rings. The topological polar surface area (TPSA) is 24.6 Å². The first-order valence-corrected chi connectivity index (χ1v) is 26.6. The number of aromatic nitrogens is 1. The smallest absolute Gasteiger partial charge is 0.252 e. The van der Waals surface area contributed by atoms with Crippen molar-refractivity contribution in [2.24, 2.45) is 0 Å². The number of hydrogen-bond acceptors (Lipinski definition) is 4. The maximum atomic E-state index is 7.22.